The summed E-state index contributed by atoms with van der Waals surface area (Å²) in [6.07, 6.45) is 19.4. The van der Waals surface area contributed by atoms with E-state index in [2.05, 4.69) is 48.5 Å². The number of carbonyl (C=O) groups is 1. The molecule has 1 aromatic rings. The van der Waals surface area contributed by atoms with Gasteiger partial charge >= 0.3 is 5.97 Å². The number of ether oxygens (including phenoxy) is 2. The summed E-state index contributed by atoms with van der Waals surface area (Å²) in [7, 11) is 1.53. The highest BCUT2D eigenvalue weighted by molar-refractivity contribution is 5.87. The van der Waals surface area contributed by atoms with Gasteiger partial charge in [0.25, 0.3) is 0 Å². The fourth-order valence-electron chi connectivity index (χ4n) is 12.7. The maximum Gasteiger partial charge on any atom is 0.331 e. The lowest BCUT2D eigenvalue weighted by Crippen LogP contribution is -2.58. The number of phenols is 1. The lowest BCUT2D eigenvalue weighted by molar-refractivity contribution is -0.179. The van der Waals surface area contributed by atoms with E-state index in [9.17, 15) is 9.90 Å². The first-order valence-electron chi connectivity index (χ1n) is 18.0. The fraction of sp³-hybridized carbons (Fsp3) is 0.775. The Morgan fingerprint density at radius 1 is 0.932 bits per heavy atom. The average molecular weight is 605 g/mol. The van der Waals surface area contributed by atoms with E-state index >= 15 is 0 Å². The fourth-order valence-corrected chi connectivity index (χ4v) is 12.7. The van der Waals surface area contributed by atoms with Gasteiger partial charge in [0.2, 0.25) is 0 Å². The Labute approximate surface area is 267 Å². The molecule has 44 heavy (non-hydrogen) atoms. The van der Waals surface area contributed by atoms with Crippen LogP contribution in [0.4, 0.5) is 0 Å². The van der Waals surface area contributed by atoms with Crippen LogP contribution in [0.25, 0.3) is 6.08 Å². The number of hydrogen-bond donors (Lipinski definition) is 1. The van der Waals surface area contributed by atoms with Crippen LogP contribution in [-0.2, 0) is 9.53 Å². The summed E-state index contributed by atoms with van der Waals surface area (Å²) in [5.41, 5.74) is 2.69. The maximum absolute atomic E-state index is 13.1. The van der Waals surface area contributed by atoms with Crippen molar-refractivity contribution in [2.24, 2.45) is 56.7 Å². The van der Waals surface area contributed by atoms with Crippen LogP contribution in [0.2, 0.25) is 0 Å². The highest BCUT2D eigenvalue weighted by atomic mass is 16.5. The Bertz CT molecular complexity index is 1280. The summed E-state index contributed by atoms with van der Waals surface area (Å²) < 4.78 is 11.5. The molecule has 0 unspecified atom stereocenters. The summed E-state index contributed by atoms with van der Waals surface area (Å²) in [5, 5.41) is 9.88. The molecule has 4 nitrogen and oxygen atoms in total. The molecule has 1 aromatic carbocycles. The second-order valence-electron chi connectivity index (χ2n) is 17.5. The monoisotopic (exact) mass is 604 g/mol. The summed E-state index contributed by atoms with van der Waals surface area (Å²) in [6.45, 7) is 17.6. The number of hydrogen-bond acceptors (Lipinski definition) is 4. The Balaban J connectivity index is 1.14. The van der Waals surface area contributed by atoms with E-state index in [1.54, 1.807) is 24.3 Å². The van der Waals surface area contributed by atoms with Gasteiger partial charge in [0, 0.05) is 11.5 Å². The number of fused-ring (bicyclic) bond motifs is 2. The standard InChI is InChI=1S/C40H60O4/c1-26(2)10-9-11-27(3)29-18-20-38(7)33-16-15-32-36(4,5)34(19-21-39(32)25-40(33,39)23-22-37(29,38)6)44-35(42)17-13-28-12-14-30(41)31(24-28)43-8/h12-14,17,24,26-27,29,32-34,41H,9-11,15-16,18-23,25H2,1-8H3/t27-,29-,32+,33+,34+,37-,38+,39-,40+/m1/s1. The highest BCUT2D eigenvalue weighted by Gasteiger charge is 2.82. The van der Waals surface area contributed by atoms with E-state index in [0.717, 1.165) is 35.7 Å². The van der Waals surface area contributed by atoms with Crippen molar-refractivity contribution >= 4 is 12.0 Å². The topological polar surface area (TPSA) is 55.8 Å². The van der Waals surface area contributed by atoms with Gasteiger partial charge in [-0.1, -0.05) is 73.8 Å². The molecule has 5 aliphatic carbocycles. The molecule has 4 heteroatoms. The van der Waals surface area contributed by atoms with Crippen molar-refractivity contribution in [3.8, 4) is 11.5 Å². The molecule has 0 saturated heterocycles. The molecule has 9 atom stereocenters. The Hall–Kier alpha value is -1.97. The van der Waals surface area contributed by atoms with Gasteiger partial charge in [-0.3, -0.25) is 0 Å². The van der Waals surface area contributed by atoms with E-state index in [1.807, 2.05) is 0 Å². The highest BCUT2D eigenvalue weighted by Crippen LogP contribution is 2.89. The minimum absolute atomic E-state index is 0.0250. The molecule has 0 aliphatic heterocycles. The number of carbonyl (C=O) groups excluding carboxylic acids is 1. The number of phenolic OH excluding ortho intramolecular Hbond substituents is 1. The van der Waals surface area contributed by atoms with Gasteiger partial charge < -0.3 is 14.6 Å². The third kappa shape index (κ3) is 4.69. The van der Waals surface area contributed by atoms with Gasteiger partial charge in [0.05, 0.1) is 7.11 Å². The molecule has 244 valence electrons. The third-order valence-corrected chi connectivity index (χ3v) is 15.1. The normalized spacial score (nSPS) is 40.9. The Kier molecular flexibility index (Phi) is 8.06. The Morgan fingerprint density at radius 3 is 2.39 bits per heavy atom. The minimum Gasteiger partial charge on any atom is -0.504 e. The smallest absolute Gasteiger partial charge is 0.331 e. The number of rotatable bonds is 9. The van der Waals surface area contributed by atoms with Gasteiger partial charge in [-0.2, -0.15) is 0 Å². The van der Waals surface area contributed by atoms with Gasteiger partial charge in [-0.25, -0.2) is 4.79 Å². The van der Waals surface area contributed by atoms with Crippen molar-refractivity contribution in [1.82, 2.24) is 0 Å². The number of benzene rings is 1. The first-order chi connectivity index (χ1) is 20.7. The lowest BCUT2D eigenvalue weighted by Gasteiger charge is -2.63. The second-order valence-corrected chi connectivity index (χ2v) is 17.5. The van der Waals surface area contributed by atoms with Gasteiger partial charge in [0.15, 0.2) is 11.5 Å². The van der Waals surface area contributed by atoms with Crippen molar-refractivity contribution in [3.63, 3.8) is 0 Å². The molecule has 0 aromatic heterocycles. The maximum atomic E-state index is 13.1. The SMILES string of the molecule is COc1cc(C=CC(=O)O[C@H]2CC[C@]34C[C@]35CC[C@]3(C)[C@@H]([C@H](C)CCCC(C)C)CC[C@@]3(C)[C@@H]5CC[C@H]4C2(C)C)ccc1O. The van der Waals surface area contributed by atoms with Crippen LogP contribution in [0.15, 0.2) is 24.3 Å². The van der Waals surface area contributed by atoms with Crippen molar-refractivity contribution in [3.05, 3.63) is 29.8 Å². The molecule has 6 rings (SSSR count). The van der Waals surface area contributed by atoms with Crippen LogP contribution >= 0.6 is 0 Å². The number of aromatic hydroxyl groups is 1. The molecule has 5 aliphatic rings. The largest absolute Gasteiger partial charge is 0.504 e. The lowest BCUT2D eigenvalue weighted by atomic mass is 9.41. The zero-order valence-electron chi connectivity index (χ0n) is 29.0. The zero-order valence-corrected chi connectivity index (χ0v) is 29.0. The van der Waals surface area contributed by atoms with Crippen molar-refractivity contribution in [2.45, 2.75) is 132 Å². The van der Waals surface area contributed by atoms with E-state index in [0.29, 0.717) is 33.3 Å². The van der Waals surface area contributed by atoms with Gasteiger partial charge in [-0.15, -0.1) is 0 Å². The predicted molar refractivity (Wildman–Crippen MR) is 178 cm³/mol. The summed E-state index contributed by atoms with van der Waals surface area (Å²) in [6, 6.07) is 5.09. The van der Waals surface area contributed by atoms with Crippen molar-refractivity contribution in [1.29, 1.82) is 0 Å². The Morgan fingerprint density at radius 2 is 1.66 bits per heavy atom. The molecule has 1 N–H and O–H groups in total. The van der Waals surface area contributed by atoms with E-state index in [1.165, 1.54) is 83.8 Å². The first-order valence-corrected chi connectivity index (χ1v) is 18.0. The summed E-state index contributed by atoms with van der Waals surface area (Å²) in [4.78, 5) is 13.1. The summed E-state index contributed by atoms with van der Waals surface area (Å²) in [5.74, 6) is 4.24. The predicted octanol–water partition coefficient (Wildman–Crippen LogP) is 10.2. The van der Waals surface area contributed by atoms with Crippen LogP contribution < -0.4 is 4.74 Å². The van der Waals surface area contributed by atoms with E-state index < -0.39 is 0 Å². The van der Waals surface area contributed by atoms with Crippen LogP contribution in [0, 0.1) is 56.7 Å². The summed E-state index contributed by atoms with van der Waals surface area (Å²) >= 11 is 0. The second kappa shape index (κ2) is 11.1. The zero-order chi connectivity index (χ0) is 31.7. The third-order valence-electron chi connectivity index (χ3n) is 15.1. The molecule has 0 radical (unpaired) electrons. The molecule has 0 heterocycles. The number of esters is 1. The molecule has 2 spiro atoms. The van der Waals surface area contributed by atoms with Crippen molar-refractivity contribution in [2.75, 3.05) is 7.11 Å². The van der Waals surface area contributed by atoms with Crippen LogP contribution in [0.5, 0.6) is 11.5 Å². The molecule has 5 saturated carbocycles. The van der Waals surface area contributed by atoms with E-state index in [4.69, 9.17) is 9.47 Å². The van der Waals surface area contributed by atoms with Crippen LogP contribution in [0.3, 0.4) is 0 Å². The number of methoxy groups -OCH3 is 1. The van der Waals surface area contributed by atoms with Crippen LogP contribution in [0.1, 0.15) is 131 Å². The van der Waals surface area contributed by atoms with Crippen molar-refractivity contribution < 1.29 is 19.4 Å². The first kappa shape index (κ1) is 32.0. The quantitative estimate of drug-likeness (QED) is 0.225. The molecular weight excluding hydrogens is 544 g/mol. The average Bonchev–Trinajstić information content (AvgIpc) is 3.55. The molecule has 0 bridgehead atoms. The van der Waals surface area contributed by atoms with E-state index in [-0.39, 0.29) is 23.2 Å². The molecular formula is C40H60O4. The van der Waals surface area contributed by atoms with Gasteiger partial charge in [-0.05, 0) is 133 Å². The van der Waals surface area contributed by atoms with Gasteiger partial charge in [0.1, 0.15) is 6.10 Å². The molecule has 5 fully saturated rings. The minimum atomic E-state index is -0.272. The molecule has 0 amide bonds. The van der Waals surface area contributed by atoms with Crippen LogP contribution in [-0.4, -0.2) is 24.3 Å².